The number of benzene rings is 1. The molecule has 1 unspecified atom stereocenters. The number of carbonyl (C=O) groups is 2. The van der Waals surface area contributed by atoms with Crippen molar-refractivity contribution in [2.24, 2.45) is 0 Å². The Balaban J connectivity index is 0.000000376. The van der Waals surface area contributed by atoms with Gasteiger partial charge in [0.15, 0.2) is 0 Å². The van der Waals surface area contributed by atoms with Crippen molar-refractivity contribution >= 4 is 11.8 Å². The van der Waals surface area contributed by atoms with Crippen LogP contribution < -0.4 is 0 Å². The van der Waals surface area contributed by atoms with Crippen LogP contribution in [0.4, 0.5) is 0 Å². The second kappa shape index (κ2) is 11.3. The minimum Gasteiger partial charge on any atom is -0.332 e. The van der Waals surface area contributed by atoms with E-state index in [1.54, 1.807) is 4.90 Å². The van der Waals surface area contributed by atoms with E-state index in [1.807, 2.05) is 74.8 Å². The van der Waals surface area contributed by atoms with Gasteiger partial charge in [0.2, 0.25) is 11.8 Å². The minimum atomic E-state index is 0. The van der Waals surface area contributed by atoms with E-state index in [4.69, 9.17) is 0 Å². The van der Waals surface area contributed by atoms with Crippen molar-refractivity contribution in [2.45, 2.75) is 25.3 Å². The van der Waals surface area contributed by atoms with Gasteiger partial charge in [0, 0.05) is 19.5 Å². The van der Waals surface area contributed by atoms with Crippen molar-refractivity contribution < 1.29 is 26.7 Å². The number of piperazine rings is 1. The number of fused-ring (bicyclic) bond motifs is 3. The first kappa shape index (κ1) is 23.3. The van der Waals surface area contributed by atoms with Crippen LogP contribution in [0.3, 0.4) is 0 Å². The monoisotopic (exact) mass is 442 g/mol. The summed E-state index contributed by atoms with van der Waals surface area (Å²) < 4.78 is 0. The van der Waals surface area contributed by atoms with Gasteiger partial charge in [0.05, 0.1) is 12.6 Å². The summed E-state index contributed by atoms with van der Waals surface area (Å²) in [6.45, 7) is 1.59. The molecule has 1 aromatic rings. The fourth-order valence-electron chi connectivity index (χ4n) is 4.18. The van der Waals surface area contributed by atoms with Crippen molar-refractivity contribution in [3.05, 3.63) is 99.1 Å². The van der Waals surface area contributed by atoms with Gasteiger partial charge in [-0.15, -0.1) is 0 Å². The molecule has 5 rings (SSSR count). The van der Waals surface area contributed by atoms with E-state index in [1.165, 1.54) is 17.0 Å². The van der Waals surface area contributed by atoms with Crippen LogP contribution in [0.1, 0.15) is 30.0 Å². The molecule has 0 aromatic heterocycles. The summed E-state index contributed by atoms with van der Waals surface area (Å²) in [4.78, 5) is 28.8. The largest absolute Gasteiger partial charge is 2.00 e. The number of nitrogens with zero attached hydrogens (tertiary/aromatic N) is 2. The smallest absolute Gasteiger partial charge is 0.332 e. The first-order chi connectivity index (χ1) is 14.2. The Kier molecular flexibility index (Phi) is 8.83. The average molecular weight is 442 g/mol. The fourth-order valence-corrected chi connectivity index (χ4v) is 4.18. The molecule has 4 aliphatic rings. The summed E-state index contributed by atoms with van der Waals surface area (Å²) in [5.41, 5.74) is 2.50. The van der Waals surface area contributed by atoms with Crippen molar-refractivity contribution in [3.63, 3.8) is 0 Å². The van der Waals surface area contributed by atoms with Crippen LogP contribution in [0, 0.1) is 63.7 Å². The van der Waals surface area contributed by atoms with Gasteiger partial charge in [0.1, 0.15) is 0 Å². The Bertz CT molecular complexity index is 705. The molecule has 1 saturated heterocycles. The van der Waals surface area contributed by atoms with E-state index in [0.29, 0.717) is 13.0 Å². The molecule has 1 aromatic carbocycles. The number of amides is 2. The Hall–Kier alpha value is -1.32. The summed E-state index contributed by atoms with van der Waals surface area (Å²) in [5.74, 6) is 1.32. The molecule has 0 spiro atoms. The molecular formula is C25H26FeN2O2+2. The summed E-state index contributed by atoms with van der Waals surface area (Å²) in [5, 5.41) is 0. The van der Waals surface area contributed by atoms with Gasteiger partial charge in [-0.3, -0.25) is 9.59 Å². The third-order valence-electron chi connectivity index (χ3n) is 5.72. The Morgan fingerprint density at radius 2 is 1.63 bits per heavy atom. The van der Waals surface area contributed by atoms with Crippen molar-refractivity contribution in [2.75, 3.05) is 19.6 Å². The maximum Gasteiger partial charge on any atom is 2.00 e. The van der Waals surface area contributed by atoms with Gasteiger partial charge in [-0.25, -0.2) is 0 Å². The van der Waals surface area contributed by atoms with E-state index in [0.717, 1.165) is 19.4 Å². The Morgan fingerprint density at radius 3 is 2.33 bits per heavy atom. The third-order valence-corrected chi connectivity index (χ3v) is 5.72. The van der Waals surface area contributed by atoms with Crippen LogP contribution in [0.25, 0.3) is 0 Å². The molecule has 154 valence electrons. The molecule has 2 saturated carbocycles. The van der Waals surface area contributed by atoms with Crippen LogP contribution in [0.15, 0.2) is 24.3 Å². The number of carbonyl (C=O) groups excluding carboxylic acids is 2. The second-order valence-corrected chi connectivity index (χ2v) is 7.58. The molecule has 0 bridgehead atoms. The average Bonchev–Trinajstić information content (AvgIpc) is 3.48. The minimum absolute atomic E-state index is 0. The molecule has 2 heterocycles. The van der Waals surface area contributed by atoms with Gasteiger partial charge in [-0.1, -0.05) is 24.3 Å². The van der Waals surface area contributed by atoms with E-state index >= 15 is 0 Å². The molecule has 30 heavy (non-hydrogen) atoms. The zero-order valence-electron chi connectivity index (χ0n) is 16.9. The van der Waals surface area contributed by atoms with E-state index in [2.05, 4.69) is 12.1 Å². The van der Waals surface area contributed by atoms with Crippen molar-refractivity contribution in [3.8, 4) is 0 Å². The summed E-state index contributed by atoms with van der Waals surface area (Å²) in [6.07, 6.45) is 20.2. The molecule has 3 fully saturated rings. The summed E-state index contributed by atoms with van der Waals surface area (Å²) in [6, 6.07) is 8.30. The normalized spacial score (nSPS) is 23.2. The zero-order valence-corrected chi connectivity index (χ0v) is 18.0. The van der Waals surface area contributed by atoms with Crippen molar-refractivity contribution in [1.29, 1.82) is 0 Å². The van der Waals surface area contributed by atoms with Gasteiger partial charge in [-0.2, -0.15) is 0 Å². The van der Waals surface area contributed by atoms with Gasteiger partial charge >= 0.3 is 17.1 Å². The predicted molar refractivity (Wildman–Crippen MR) is 112 cm³/mol. The van der Waals surface area contributed by atoms with Crippen LogP contribution in [0.5, 0.6) is 0 Å². The maximum atomic E-state index is 12.6. The quantitative estimate of drug-likeness (QED) is 0.675. The van der Waals surface area contributed by atoms with E-state index < -0.39 is 0 Å². The Labute approximate surface area is 192 Å². The second-order valence-electron chi connectivity index (χ2n) is 7.58. The van der Waals surface area contributed by atoms with Crippen LogP contribution in [0.2, 0.25) is 0 Å². The molecular weight excluding hydrogens is 416 g/mol. The Morgan fingerprint density at radius 1 is 0.967 bits per heavy atom. The molecule has 5 heteroatoms. The molecule has 2 aliphatic heterocycles. The summed E-state index contributed by atoms with van der Waals surface area (Å²) >= 11 is 0. The first-order valence-electron chi connectivity index (χ1n) is 10.2. The van der Waals surface area contributed by atoms with Gasteiger partial charge in [0.25, 0.3) is 0 Å². The predicted octanol–water partition coefficient (Wildman–Crippen LogP) is 3.16. The van der Waals surface area contributed by atoms with Crippen LogP contribution in [-0.2, 0) is 33.1 Å². The molecule has 1 atom stereocenters. The molecule has 2 amide bonds. The first-order valence-corrected chi connectivity index (χ1v) is 10.2. The van der Waals surface area contributed by atoms with Crippen LogP contribution >= 0.6 is 0 Å². The van der Waals surface area contributed by atoms with Gasteiger partial charge in [-0.05, 0) is 87.7 Å². The molecule has 0 N–H and O–H groups in total. The number of hydrogen-bond donors (Lipinski definition) is 0. The maximum absolute atomic E-state index is 12.6. The number of hydrogen-bond acceptors (Lipinski definition) is 2. The molecule has 2 aliphatic carbocycles. The topological polar surface area (TPSA) is 40.6 Å². The van der Waals surface area contributed by atoms with Crippen molar-refractivity contribution in [1.82, 2.24) is 9.80 Å². The number of rotatable bonds is 3. The fraction of sp³-hybridized carbons (Fsp3) is 0.280. The zero-order chi connectivity index (χ0) is 20.1. The SMILES string of the molecule is O=C(CC[C]1[CH][CH][CH][CH]1)N1CC(=O)N2CCc3ccccc3C2C1.[CH]1[CH][CH][CH][CH]1.[Fe+2]. The van der Waals surface area contributed by atoms with E-state index in [9.17, 15) is 9.59 Å². The third kappa shape index (κ3) is 5.67. The molecule has 4 nitrogen and oxygen atoms in total. The van der Waals surface area contributed by atoms with E-state index in [-0.39, 0.29) is 41.5 Å². The summed E-state index contributed by atoms with van der Waals surface area (Å²) in [7, 11) is 0. The van der Waals surface area contributed by atoms with Crippen LogP contribution in [-0.4, -0.2) is 41.2 Å². The van der Waals surface area contributed by atoms with Gasteiger partial charge < -0.3 is 9.80 Å². The molecule has 10 radical (unpaired) electrons. The standard InChI is InChI=1S/C20H21N2O2.C5H5.Fe/c23-19(10-9-15-5-1-2-6-15)21-13-18-17-8-4-3-7-16(17)11-12-22(18)20(24)14-21;1-2-4-5-3-1;/h1-8,18H,9-14H2;1-5H;/q;;+2.